The van der Waals surface area contributed by atoms with Gasteiger partial charge in [-0.2, -0.15) is 0 Å². The molecule has 1 rings (SSSR count). The van der Waals surface area contributed by atoms with Crippen LogP contribution in [0.3, 0.4) is 0 Å². The molecule has 0 aromatic heterocycles. The Hall–Kier alpha value is -1.55. The molecular weight excluding hydrogens is 234 g/mol. The Balaban J connectivity index is 2.73. The van der Waals surface area contributed by atoms with Crippen molar-refractivity contribution in [1.82, 2.24) is 0 Å². The molecule has 0 unspecified atom stereocenters. The molecule has 0 aliphatic rings. The fourth-order valence-corrected chi connectivity index (χ4v) is 1.91. The summed E-state index contributed by atoms with van der Waals surface area (Å²) in [5, 5.41) is 0.753. The number of hydrogen-bond donors (Lipinski definition) is 0. The van der Waals surface area contributed by atoms with Crippen LogP contribution in [0.5, 0.6) is 0 Å². The predicted molar refractivity (Wildman–Crippen MR) is 72.3 cm³/mol. The maximum Gasteiger partial charge on any atom is 0.344 e. The Kier molecular flexibility index (Phi) is 5.49. The van der Waals surface area contributed by atoms with Gasteiger partial charge in [-0.1, -0.05) is 48.7 Å². The van der Waals surface area contributed by atoms with E-state index in [4.69, 9.17) is 4.74 Å². The van der Waals surface area contributed by atoms with Crippen molar-refractivity contribution in [1.29, 1.82) is 0 Å². The molecule has 0 fully saturated rings. The Labute approximate surface area is 106 Å². The number of carbonyl (C=O) groups excluding carboxylic acids is 1. The highest BCUT2D eigenvalue weighted by Crippen LogP contribution is 2.21. The van der Waals surface area contributed by atoms with E-state index >= 15 is 0 Å². The van der Waals surface area contributed by atoms with Crippen LogP contribution in [0.2, 0.25) is 0 Å². The van der Waals surface area contributed by atoms with Crippen LogP contribution in [-0.2, 0) is 9.53 Å². The molecule has 0 spiro atoms. The van der Waals surface area contributed by atoms with Gasteiger partial charge in [0.2, 0.25) is 0 Å². The Morgan fingerprint density at radius 1 is 1.41 bits per heavy atom. The van der Waals surface area contributed by atoms with Crippen molar-refractivity contribution in [3.63, 3.8) is 0 Å². The zero-order chi connectivity index (χ0) is 12.7. The van der Waals surface area contributed by atoms with Crippen LogP contribution in [0.25, 0.3) is 0 Å². The van der Waals surface area contributed by atoms with Crippen molar-refractivity contribution >= 4 is 22.8 Å². The van der Waals surface area contributed by atoms with Crippen LogP contribution in [0.15, 0.2) is 46.8 Å². The van der Waals surface area contributed by atoms with E-state index in [1.165, 1.54) is 11.8 Å². The summed E-state index contributed by atoms with van der Waals surface area (Å²) in [6, 6.07) is 9.66. The smallest absolute Gasteiger partial charge is 0.344 e. The maximum absolute atomic E-state index is 11.4. The Morgan fingerprint density at radius 3 is 2.59 bits per heavy atom. The van der Waals surface area contributed by atoms with E-state index in [2.05, 4.69) is 11.6 Å². The lowest BCUT2D eigenvalue weighted by Crippen LogP contribution is -2.07. The average molecular weight is 249 g/mol. The molecule has 4 heteroatoms. The third-order valence-corrected chi connectivity index (χ3v) is 2.97. The van der Waals surface area contributed by atoms with Gasteiger partial charge in [0, 0.05) is 12.6 Å². The quantitative estimate of drug-likeness (QED) is 0.356. The number of aliphatic imine (C=N–C) groups is 1. The third-order valence-electron chi connectivity index (χ3n) is 1.95. The summed E-state index contributed by atoms with van der Waals surface area (Å²) >= 11 is 1.23. The zero-order valence-corrected chi connectivity index (χ0v) is 10.8. The van der Waals surface area contributed by atoms with Gasteiger partial charge in [0.1, 0.15) is 5.04 Å². The van der Waals surface area contributed by atoms with Crippen LogP contribution in [0, 0.1) is 0 Å². The van der Waals surface area contributed by atoms with Gasteiger partial charge < -0.3 is 4.74 Å². The molecular formula is C13H15NO2S. The summed E-state index contributed by atoms with van der Waals surface area (Å²) in [6.45, 7) is 5.81. The highest BCUT2D eigenvalue weighted by Gasteiger charge is 2.13. The number of hydrogen-bond acceptors (Lipinski definition) is 4. The monoisotopic (exact) mass is 249 g/mol. The summed E-state index contributed by atoms with van der Waals surface area (Å²) in [4.78, 5) is 15.9. The molecule has 0 atom stereocenters. The lowest BCUT2D eigenvalue weighted by molar-refractivity contribution is -0.137. The second kappa shape index (κ2) is 6.91. The highest BCUT2D eigenvalue weighted by atomic mass is 32.2. The standard InChI is InChI=1S/C13H15NO2S/c1-4-16-13(15)10(2)17-12(14-3)11-8-6-5-7-9-11/h5-9H,2,4H2,1,3H3. The van der Waals surface area contributed by atoms with Crippen molar-refractivity contribution < 1.29 is 9.53 Å². The number of nitrogens with zero attached hydrogens (tertiary/aromatic N) is 1. The molecule has 0 saturated carbocycles. The second-order valence-electron chi connectivity index (χ2n) is 3.14. The van der Waals surface area contributed by atoms with Gasteiger partial charge in [-0.25, -0.2) is 4.79 Å². The number of ether oxygens (including phenoxy) is 1. The lowest BCUT2D eigenvalue weighted by Gasteiger charge is -2.07. The molecule has 0 amide bonds. The normalized spacial score (nSPS) is 11.1. The molecule has 0 saturated heterocycles. The van der Waals surface area contributed by atoms with E-state index in [0.29, 0.717) is 11.5 Å². The molecule has 0 radical (unpaired) electrons. The number of carbonyl (C=O) groups is 1. The molecule has 0 aliphatic heterocycles. The second-order valence-corrected chi connectivity index (χ2v) is 4.22. The SMILES string of the molecule is C=C(SC(=NC)c1ccccc1)C(=O)OCC. The van der Waals surface area contributed by atoms with Crippen LogP contribution in [0.1, 0.15) is 12.5 Å². The van der Waals surface area contributed by atoms with Crippen LogP contribution in [0.4, 0.5) is 0 Å². The Morgan fingerprint density at radius 2 is 2.06 bits per heavy atom. The van der Waals surface area contributed by atoms with E-state index in [1.807, 2.05) is 30.3 Å². The average Bonchev–Trinajstić information content (AvgIpc) is 2.37. The molecule has 1 aromatic rings. The van der Waals surface area contributed by atoms with Gasteiger partial charge in [-0.15, -0.1) is 0 Å². The van der Waals surface area contributed by atoms with Gasteiger partial charge >= 0.3 is 5.97 Å². The molecule has 17 heavy (non-hydrogen) atoms. The van der Waals surface area contributed by atoms with E-state index < -0.39 is 5.97 Å². The molecule has 0 heterocycles. The first kappa shape index (κ1) is 13.5. The minimum absolute atomic E-state index is 0.344. The summed E-state index contributed by atoms with van der Waals surface area (Å²) < 4.78 is 4.87. The molecule has 0 bridgehead atoms. The van der Waals surface area contributed by atoms with Crippen molar-refractivity contribution in [3.8, 4) is 0 Å². The number of benzene rings is 1. The third kappa shape index (κ3) is 4.07. The summed E-state index contributed by atoms with van der Waals surface area (Å²) in [7, 11) is 1.69. The van der Waals surface area contributed by atoms with E-state index in [1.54, 1.807) is 14.0 Å². The lowest BCUT2D eigenvalue weighted by atomic mass is 10.2. The van der Waals surface area contributed by atoms with E-state index in [0.717, 1.165) is 10.6 Å². The fourth-order valence-electron chi connectivity index (χ4n) is 1.18. The predicted octanol–water partition coefficient (Wildman–Crippen LogP) is 2.87. The van der Waals surface area contributed by atoms with Gasteiger partial charge in [0.25, 0.3) is 0 Å². The van der Waals surface area contributed by atoms with E-state index in [-0.39, 0.29) is 0 Å². The van der Waals surface area contributed by atoms with Crippen molar-refractivity contribution in [2.24, 2.45) is 4.99 Å². The number of rotatable bonds is 4. The van der Waals surface area contributed by atoms with Gasteiger partial charge in [0.05, 0.1) is 11.5 Å². The van der Waals surface area contributed by atoms with Gasteiger partial charge in [0.15, 0.2) is 0 Å². The highest BCUT2D eigenvalue weighted by molar-refractivity contribution is 8.18. The summed E-state index contributed by atoms with van der Waals surface area (Å²) in [6.07, 6.45) is 0. The molecule has 90 valence electrons. The topological polar surface area (TPSA) is 38.7 Å². The first-order chi connectivity index (χ1) is 8.19. The minimum Gasteiger partial charge on any atom is -0.462 e. The molecule has 1 aromatic carbocycles. The first-order valence-electron chi connectivity index (χ1n) is 5.25. The Bertz CT molecular complexity index is 426. The molecule has 3 nitrogen and oxygen atoms in total. The number of esters is 1. The van der Waals surface area contributed by atoms with Crippen molar-refractivity contribution in [3.05, 3.63) is 47.4 Å². The van der Waals surface area contributed by atoms with Crippen molar-refractivity contribution in [2.45, 2.75) is 6.92 Å². The summed E-state index contributed by atoms with van der Waals surface area (Å²) in [5.41, 5.74) is 0.963. The van der Waals surface area contributed by atoms with Gasteiger partial charge in [-0.05, 0) is 6.92 Å². The summed E-state index contributed by atoms with van der Waals surface area (Å²) in [5.74, 6) is -0.394. The maximum atomic E-state index is 11.4. The zero-order valence-electron chi connectivity index (χ0n) is 9.97. The van der Waals surface area contributed by atoms with E-state index in [9.17, 15) is 4.79 Å². The number of thioether (sulfide) groups is 1. The van der Waals surface area contributed by atoms with Crippen LogP contribution in [-0.4, -0.2) is 24.7 Å². The van der Waals surface area contributed by atoms with Crippen LogP contribution >= 0.6 is 11.8 Å². The first-order valence-corrected chi connectivity index (χ1v) is 6.06. The molecule has 0 N–H and O–H groups in total. The van der Waals surface area contributed by atoms with Crippen LogP contribution < -0.4 is 0 Å². The fraction of sp³-hybridized carbons (Fsp3) is 0.231. The minimum atomic E-state index is -0.394. The molecule has 0 aliphatic carbocycles. The van der Waals surface area contributed by atoms with Crippen molar-refractivity contribution in [2.75, 3.05) is 13.7 Å². The van der Waals surface area contributed by atoms with Gasteiger partial charge in [-0.3, -0.25) is 4.99 Å². The largest absolute Gasteiger partial charge is 0.462 e.